The fourth-order valence-electron chi connectivity index (χ4n) is 3.01. The van der Waals surface area contributed by atoms with Crippen LogP contribution in [0.5, 0.6) is 0 Å². The Kier molecular flexibility index (Phi) is 5.09. The fourth-order valence-corrected chi connectivity index (χ4v) is 3.01. The first-order valence-corrected chi connectivity index (χ1v) is 8.20. The first-order valence-electron chi connectivity index (χ1n) is 8.20. The number of rotatable bonds is 5. The van der Waals surface area contributed by atoms with Gasteiger partial charge in [-0.2, -0.15) is 0 Å². The van der Waals surface area contributed by atoms with Crippen molar-refractivity contribution < 1.29 is 29.0 Å². The van der Waals surface area contributed by atoms with Crippen molar-refractivity contribution in [2.75, 3.05) is 7.11 Å². The van der Waals surface area contributed by atoms with Gasteiger partial charge in [0.25, 0.3) is 0 Å². The average molecular weight is 351 g/mol. The lowest BCUT2D eigenvalue weighted by molar-refractivity contribution is -0.160. The van der Waals surface area contributed by atoms with Crippen molar-refractivity contribution >= 4 is 17.8 Å². The minimum atomic E-state index is -1.17. The molecular formula is C18H25NO6. The van der Waals surface area contributed by atoms with E-state index in [1.54, 1.807) is 26.8 Å². The molecule has 7 nitrogen and oxygen atoms in total. The maximum absolute atomic E-state index is 12.7. The number of aliphatic hydroxyl groups is 1. The number of hydrogen-bond acceptors (Lipinski definition) is 6. The molecule has 0 unspecified atom stereocenters. The van der Waals surface area contributed by atoms with Gasteiger partial charge in [-0.3, -0.25) is 4.79 Å². The van der Waals surface area contributed by atoms with Gasteiger partial charge in [-0.15, -0.1) is 6.58 Å². The SMILES string of the molecule is C=C[C@@H]1C[C@]1(NC(=O)[C@H]1C[C@@H](O)C=C1C(=O)OC)C(=O)OC(C)(C)C. The number of carbonyl (C=O) groups is 3. The Morgan fingerprint density at radius 3 is 2.52 bits per heavy atom. The van der Waals surface area contributed by atoms with Crippen molar-refractivity contribution in [3.63, 3.8) is 0 Å². The lowest BCUT2D eigenvalue weighted by Crippen LogP contribution is -2.50. The van der Waals surface area contributed by atoms with Crippen molar-refractivity contribution in [2.24, 2.45) is 11.8 Å². The summed E-state index contributed by atoms with van der Waals surface area (Å²) in [6.07, 6.45) is 2.47. The number of amides is 1. The van der Waals surface area contributed by atoms with Crippen LogP contribution in [0.3, 0.4) is 0 Å². The molecule has 0 bridgehead atoms. The third-order valence-electron chi connectivity index (χ3n) is 4.37. The Hall–Kier alpha value is -2.15. The largest absolute Gasteiger partial charge is 0.466 e. The van der Waals surface area contributed by atoms with E-state index in [-0.39, 0.29) is 17.9 Å². The maximum Gasteiger partial charge on any atom is 0.334 e. The summed E-state index contributed by atoms with van der Waals surface area (Å²) in [5.74, 6) is -2.81. The molecule has 0 saturated heterocycles. The van der Waals surface area contributed by atoms with Gasteiger partial charge in [0.05, 0.1) is 19.1 Å². The lowest BCUT2D eigenvalue weighted by atomic mass is 9.99. The number of methoxy groups -OCH3 is 1. The van der Waals surface area contributed by atoms with E-state index in [0.717, 1.165) is 0 Å². The highest BCUT2D eigenvalue weighted by Gasteiger charge is 2.62. The highest BCUT2D eigenvalue weighted by molar-refractivity contribution is 6.00. The average Bonchev–Trinajstić information content (AvgIpc) is 3.09. The van der Waals surface area contributed by atoms with Crippen molar-refractivity contribution in [3.8, 4) is 0 Å². The molecule has 1 saturated carbocycles. The van der Waals surface area contributed by atoms with E-state index in [1.165, 1.54) is 13.2 Å². The van der Waals surface area contributed by atoms with Gasteiger partial charge < -0.3 is 19.9 Å². The summed E-state index contributed by atoms with van der Waals surface area (Å²) < 4.78 is 10.1. The number of nitrogens with one attached hydrogen (secondary N) is 1. The van der Waals surface area contributed by atoms with Crippen LogP contribution < -0.4 is 5.32 Å². The van der Waals surface area contributed by atoms with Gasteiger partial charge in [-0.1, -0.05) is 6.08 Å². The molecule has 4 atom stereocenters. The first kappa shape index (κ1) is 19.2. The van der Waals surface area contributed by atoms with Gasteiger partial charge in [0.15, 0.2) is 0 Å². The predicted molar refractivity (Wildman–Crippen MR) is 89.2 cm³/mol. The molecule has 0 aromatic carbocycles. The molecule has 7 heteroatoms. The van der Waals surface area contributed by atoms with Gasteiger partial charge in [-0.25, -0.2) is 9.59 Å². The van der Waals surface area contributed by atoms with Crippen LogP contribution in [0.25, 0.3) is 0 Å². The van der Waals surface area contributed by atoms with Crippen LogP contribution in [0.1, 0.15) is 33.6 Å². The number of aliphatic hydroxyl groups excluding tert-OH is 1. The fraction of sp³-hybridized carbons (Fsp3) is 0.611. The Bertz CT molecular complexity index is 632. The molecule has 1 fully saturated rings. The van der Waals surface area contributed by atoms with Crippen LogP contribution >= 0.6 is 0 Å². The maximum atomic E-state index is 12.7. The lowest BCUT2D eigenvalue weighted by Gasteiger charge is -2.26. The number of carbonyl (C=O) groups excluding carboxylic acids is 3. The van der Waals surface area contributed by atoms with E-state index in [2.05, 4.69) is 16.6 Å². The summed E-state index contributed by atoms with van der Waals surface area (Å²) in [4.78, 5) is 37.1. The van der Waals surface area contributed by atoms with E-state index < -0.39 is 41.0 Å². The van der Waals surface area contributed by atoms with E-state index >= 15 is 0 Å². The highest BCUT2D eigenvalue weighted by Crippen LogP contribution is 2.46. The number of esters is 2. The molecule has 25 heavy (non-hydrogen) atoms. The van der Waals surface area contributed by atoms with Gasteiger partial charge in [-0.05, 0) is 39.7 Å². The molecule has 138 valence electrons. The quantitative estimate of drug-likeness (QED) is 0.563. The Balaban J connectivity index is 2.17. The van der Waals surface area contributed by atoms with Crippen LogP contribution in [0.4, 0.5) is 0 Å². The second-order valence-corrected chi connectivity index (χ2v) is 7.48. The zero-order chi connectivity index (χ0) is 19.0. The van der Waals surface area contributed by atoms with Gasteiger partial charge in [0.2, 0.25) is 5.91 Å². The van der Waals surface area contributed by atoms with Crippen molar-refractivity contribution in [1.29, 1.82) is 0 Å². The standard InChI is InChI=1S/C18H25NO6/c1-6-10-9-18(10,16(23)25-17(2,3)4)19-14(21)12-7-11(20)8-13(12)15(22)24-5/h6,8,10-12,20H,1,7,9H2,2-5H3,(H,19,21)/t10-,11-,12+,18-/m1/s1. The normalized spacial score (nSPS) is 30.9. The van der Waals surface area contributed by atoms with Crippen molar-refractivity contribution in [2.45, 2.75) is 50.9 Å². The van der Waals surface area contributed by atoms with Crippen molar-refractivity contribution in [1.82, 2.24) is 5.32 Å². The number of hydrogen-bond donors (Lipinski definition) is 2. The molecule has 2 rings (SSSR count). The van der Waals surface area contributed by atoms with Crippen LogP contribution in [-0.2, 0) is 23.9 Å². The molecule has 2 N–H and O–H groups in total. The smallest absolute Gasteiger partial charge is 0.334 e. The summed E-state index contributed by atoms with van der Waals surface area (Å²) >= 11 is 0. The molecule has 0 radical (unpaired) electrons. The molecule has 2 aliphatic carbocycles. The summed E-state index contributed by atoms with van der Waals surface area (Å²) in [6, 6.07) is 0. The van der Waals surface area contributed by atoms with Crippen LogP contribution in [0, 0.1) is 11.8 Å². The molecule has 2 aliphatic rings. The summed E-state index contributed by atoms with van der Waals surface area (Å²) in [5, 5.41) is 12.5. The minimum Gasteiger partial charge on any atom is -0.466 e. The van der Waals surface area contributed by atoms with E-state index in [0.29, 0.717) is 6.42 Å². The first-order chi connectivity index (χ1) is 11.5. The molecule has 0 spiro atoms. The van der Waals surface area contributed by atoms with E-state index in [4.69, 9.17) is 4.74 Å². The Morgan fingerprint density at radius 2 is 2.04 bits per heavy atom. The zero-order valence-electron chi connectivity index (χ0n) is 15.0. The second-order valence-electron chi connectivity index (χ2n) is 7.48. The minimum absolute atomic E-state index is 0.0689. The number of ether oxygens (including phenoxy) is 2. The van der Waals surface area contributed by atoms with Gasteiger partial charge >= 0.3 is 11.9 Å². The third kappa shape index (κ3) is 3.92. The summed E-state index contributed by atoms with van der Waals surface area (Å²) in [5.41, 5.74) is -1.76. The Morgan fingerprint density at radius 1 is 1.40 bits per heavy atom. The topological polar surface area (TPSA) is 102 Å². The van der Waals surface area contributed by atoms with E-state index in [1.807, 2.05) is 0 Å². The molecule has 0 aliphatic heterocycles. The zero-order valence-corrected chi connectivity index (χ0v) is 15.0. The molecule has 0 aromatic heterocycles. The van der Waals surface area contributed by atoms with Gasteiger partial charge in [0, 0.05) is 11.5 Å². The predicted octanol–water partition coefficient (Wildman–Crippen LogP) is 0.869. The summed E-state index contributed by atoms with van der Waals surface area (Å²) in [7, 11) is 1.21. The molecular weight excluding hydrogens is 326 g/mol. The van der Waals surface area contributed by atoms with Crippen LogP contribution in [-0.4, -0.2) is 47.3 Å². The Labute approximate surface area is 147 Å². The van der Waals surface area contributed by atoms with Gasteiger partial charge in [0.1, 0.15) is 11.1 Å². The second kappa shape index (κ2) is 6.63. The molecule has 1 amide bonds. The molecule has 0 heterocycles. The monoisotopic (exact) mass is 351 g/mol. The van der Waals surface area contributed by atoms with Crippen molar-refractivity contribution in [3.05, 3.63) is 24.3 Å². The highest BCUT2D eigenvalue weighted by atomic mass is 16.6. The van der Waals surface area contributed by atoms with Crippen LogP contribution in [0.15, 0.2) is 24.3 Å². The summed E-state index contributed by atoms with van der Waals surface area (Å²) in [6.45, 7) is 8.93. The third-order valence-corrected chi connectivity index (χ3v) is 4.37. The molecule has 0 aromatic rings. The van der Waals surface area contributed by atoms with Crippen LogP contribution in [0.2, 0.25) is 0 Å². The van der Waals surface area contributed by atoms with E-state index in [9.17, 15) is 19.5 Å².